The molecule has 5 nitrogen and oxygen atoms in total. The number of aromatic nitrogens is 2. The van der Waals surface area contributed by atoms with E-state index < -0.39 is 0 Å². The Morgan fingerprint density at radius 2 is 1.81 bits per heavy atom. The van der Waals surface area contributed by atoms with Crippen LogP contribution in [0.4, 0.5) is 11.5 Å². The van der Waals surface area contributed by atoms with Gasteiger partial charge >= 0.3 is 0 Å². The monoisotopic (exact) mass is 366 g/mol. The number of halogens is 1. The molecular formula is C20H19ClN4O. The molecule has 1 amide bonds. The van der Waals surface area contributed by atoms with Crippen molar-refractivity contribution in [3.05, 3.63) is 83.3 Å². The second-order valence-electron chi connectivity index (χ2n) is 5.79. The van der Waals surface area contributed by atoms with E-state index in [1.165, 1.54) is 6.33 Å². The lowest BCUT2D eigenvalue weighted by atomic mass is 10.1. The van der Waals surface area contributed by atoms with Crippen molar-refractivity contribution >= 4 is 29.0 Å². The normalized spacial score (nSPS) is 10.4. The Labute approximate surface area is 157 Å². The number of rotatable bonds is 6. The van der Waals surface area contributed by atoms with Gasteiger partial charge in [-0.3, -0.25) is 4.79 Å². The molecule has 0 spiro atoms. The number of carbonyl (C=O) groups is 1. The number of nitrogens with zero attached hydrogens (tertiary/aromatic N) is 3. The molecule has 0 saturated carbocycles. The molecule has 3 aromatic rings. The maximum Gasteiger partial charge on any atom is 0.270 e. The van der Waals surface area contributed by atoms with Crippen molar-refractivity contribution in [2.24, 2.45) is 0 Å². The first-order chi connectivity index (χ1) is 12.6. The minimum Gasteiger partial charge on any atom is -0.350 e. The van der Waals surface area contributed by atoms with Crippen LogP contribution in [0.2, 0.25) is 5.02 Å². The van der Waals surface area contributed by atoms with Gasteiger partial charge in [-0.05, 0) is 36.2 Å². The van der Waals surface area contributed by atoms with Crippen LogP contribution in [0.15, 0.2) is 67.0 Å². The van der Waals surface area contributed by atoms with Crippen LogP contribution in [0, 0.1) is 0 Å². The first-order valence-electron chi connectivity index (χ1n) is 8.27. The fourth-order valence-corrected chi connectivity index (χ4v) is 2.63. The molecule has 132 valence electrons. The molecule has 0 aliphatic carbocycles. The summed E-state index contributed by atoms with van der Waals surface area (Å²) in [6.45, 7) is 0.522. The zero-order valence-corrected chi connectivity index (χ0v) is 15.1. The minimum atomic E-state index is -0.218. The number of hydrogen-bond donors (Lipinski definition) is 1. The molecule has 1 aromatic heterocycles. The molecule has 0 atom stereocenters. The fraction of sp³-hybridized carbons (Fsp3) is 0.150. The smallest absolute Gasteiger partial charge is 0.270 e. The largest absolute Gasteiger partial charge is 0.350 e. The van der Waals surface area contributed by atoms with Gasteiger partial charge in [0.2, 0.25) is 0 Å². The summed E-state index contributed by atoms with van der Waals surface area (Å²) in [4.78, 5) is 22.6. The average molecular weight is 367 g/mol. The summed E-state index contributed by atoms with van der Waals surface area (Å²) in [6, 6.07) is 19.1. The van der Waals surface area contributed by atoms with E-state index in [2.05, 4.69) is 15.3 Å². The van der Waals surface area contributed by atoms with E-state index in [9.17, 15) is 4.79 Å². The Hall–Kier alpha value is -2.92. The van der Waals surface area contributed by atoms with Crippen LogP contribution in [0.5, 0.6) is 0 Å². The molecule has 1 N–H and O–H groups in total. The van der Waals surface area contributed by atoms with Crippen molar-refractivity contribution < 1.29 is 4.79 Å². The van der Waals surface area contributed by atoms with Gasteiger partial charge in [-0.15, -0.1) is 0 Å². The SMILES string of the molecule is CN(c1ccccc1)c1cc(C(=O)NCCc2ccc(Cl)cc2)ncn1. The van der Waals surface area contributed by atoms with Crippen molar-refractivity contribution in [2.75, 3.05) is 18.5 Å². The third-order valence-electron chi connectivity index (χ3n) is 3.98. The average Bonchev–Trinajstić information content (AvgIpc) is 2.69. The molecule has 0 saturated heterocycles. The number of benzene rings is 2. The van der Waals surface area contributed by atoms with Gasteiger partial charge in [0, 0.05) is 30.4 Å². The van der Waals surface area contributed by atoms with E-state index in [0.717, 1.165) is 17.7 Å². The Kier molecular flexibility index (Phi) is 5.81. The summed E-state index contributed by atoms with van der Waals surface area (Å²) < 4.78 is 0. The van der Waals surface area contributed by atoms with Crippen LogP contribution in [0.3, 0.4) is 0 Å². The highest BCUT2D eigenvalue weighted by atomic mass is 35.5. The van der Waals surface area contributed by atoms with Gasteiger partial charge in [0.1, 0.15) is 17.8 Å². The van der Waals surface area contributed by atoms with Gasteiger partial charge in [0.25, 0.3) is 5.91 Å². The summed E-state index contributed by atoms with van der Waals surface area (Å²) >= 11 is 5.87. The number of carbonyl (C=O) groups excluding carboxylic acids is 1. The van der Waals surface area contributed by atoms with Gasteiger partial charge in [-0.2, -0.15) is 0 Å². The minimum absolute atomic E-state index is 0.218. The van der Waals surface area contributed by atoms with Gasteiger partial charge in [0.05, 0.1) is 0 Å². The molecular weight excluding hydrogens is 348 g/mol. The highest BCUT2D eigenvalue weighted by Gasteiger charge is 2.11. The molecule has 1 heterocycles. The van der Waals surface area contributed by atoms with E-state index in [1.807, 2.05) is 66.5 Å². The molecule has 0 unspecified atom stereocenters. The standard InChI is InChI=1S/C20H19ClN4O/c1-25(17-5-3-2-4-6-17)19-13-18(23-14-24-19)20(26)22-12-11-15-7-9-16(21)10-8-15/h2-10,13-14H,11-12H2,1H3,(H,22,26). The molecule has 0 radical (unpaired) electrons. The first-order valence-corrected chi connectivity index (χ1v) is 8.65. The molecule has 0 aliphatic heterocycles. The Morgan fingerprint density at radius 3 is 2.54 bits per heavy atom. The van der Waals surface area contributed by atoms with Gasteiger partial charge < -0.3 is 10.2 Å². The maximum absolute atomic E-state index is 12.4. The van der Waals surface area contributed by atoms with Gasteiger partial charge in [-0.25, -0.2) is 9.97 Å². The lowest BCUT2D eigenvalue weighted by molar-refractivity contribution is 0.0949. The quantitative estimate of drug-likeness (QED) is 0.719. The molecule has 26 heavy (non-hydrogen) atoms. The topological polar surface area (TPSA) is 58.1 Å². The predicted molar refractivity (Wildman–Crippen MR) is 104 cm³/mol. The van der Waals surface area contributed by atoms with E-state index >= 15 is 0 Å². The summed E-state index contributed by atoms with van der Waals surface area (Å²) in [6.07, 6.45) is 2.13. The number of amides is 1. The van der Waals surface area contributed by atoms with Crippen molar-refractivity contribution in [1.29, 1.82) is 0 Å². The zero-order valence-electron chi connectivity index (χ0n) is 14.4. The van der Waals surface area contributed by atoms with Crippen molar-refractivity contribution in [1.82, 2.24) is 15.3 Å². The van der Waals surface area contributed by atoms with Gasteiger partial charge in [-0.1, -0.05) is 41.9 Å². The van der Waals surface area contributed by atoms with Crippen molar-refractivity contribution in [3.8, 4) is 0 Å². The third kappa shape index (κ3) is 4.58. The molecule has 0 fully saturated rings. The molecule has 2 aromatic carbocycles. The van der Waals surface area contributed by atoms with Crippen LogP contribution >= 0.6 is 11.6 Å². The summed E-state index contributed by atoms with van der Waals surface area (Å²) in [7, 11) is 1.90. The number of para-hydroxylation sites is 1. The highest BCUT2D eigenvalue weighted by Crippen LogP contribution is 2.20. The molecule has 0 bridgehead atoms. The molecule has 3 rings (SSSR count). The number of hydrogen-bond acceptors (Lipinski definition) is 4. The second-order valence-corrected chi connectivity index (χ2v) is 6.22. The summed E-state index contributed by atoms with van der Waals surface area (Å²) in [5, 5.41) is 3.59. The number of anilines is 2. The Bertz CT molecular complexity index is 868. The predicted octanol–water partition coefficient (Wildman–Crippen LogP) is 3.87. The van der Waals surface area contributed by atoms with Crippen LogP contribution in [0.1, 0.15) is 16.1 Å². The molecule has 0 aliphatic rings. The summed E-state index contributed by atoms with van der Waals surface area (Å²) in [5.41, 5.74) is 2.44. The highest BCUT2D eigenvalue weighted by molar-refractivity contribution is 6.30. The second kappa shape index (κ2) is 8.45. The summed E-state index contributed by atoms with van der Waals surface area (Å²) in [5.74, 6) is 0.443. The number of nitrogens with one attached hydrogen (secondary N) is 1. The zero-order chi connectivity index (χ0) is 18.4. The van der Waals surface area contributed by atoms with Crippen LogP contribution in [-0.4, -0.2) is 29.5 Å². The van der Waals surface area contributed by atoms with E-state index in [4.69, 9.17) is 11.6 Å². The lowest BCUT2D eigenvalue weighted by Gasteiger charge is -2.18. The van der Waals surface area contributed by atoms with Crippen molar-refractivity contribution in [2.45, 2.75) is 6.42 Å². The van der Waals surface area contributed by atoms with Crippen LogP contribution in [0.25, 0.3) is 0 Å². The van der Waals surface area contributed by atoms with Gasteiger partial charge in [0.15, 0.2) is 0 Å². The van der Waals surface area contributed by atoms with E-state index in [-0.39, 0.29) is 5.91 Å². The first kappa shape index (κ1) is 17.9. The van der Waals surface area contributed by atoms with Crippen LogP contribution < -0.4 is 10.2 Å². The van der Waals surface area contributed by atoms with E-state index in [1.54, 1.807) is 6.07 Å². The molecule has 6 heteroatoms. The fourth-order valence-electron chi connectivity index (χ4n) is 2.50. The lowest BCUT2D eigenvalue weighted by Crippen LogP contribution is -2.27. The van der Waals surface area contributed by atoms with E-state index in [0.29, 0.717) is 23.1 Å². The third-order valence-corrected chi connectivity index (χ3v) is 4.24. The maximum atomic E-state index is 12.4. The van der Waals surface area contributed by atoms with Crippen LogP contribution in [-0.2, 0) is 6.42 Å². The Balaban J connectivity index is 1.62. The Morgan fingerprint density at radius 1 is 1.08 bits per heavy atom. The van der Waals surface area contributed by atoms with Crippen molar-refractivity contribution in [3.63, 3.8) is 0 Å².